The topological polar surface area (TPSA) is 75.7 Å². The van der Waals surface area contributed by atoms with Gasteiger partial charge in [-0.25, -0.2) is 8.42 Å². The third-order valence-corrected chi connectivity index (χ3v) is 8.29. The molecular formula is C28H32N2O4S. The van der Waals surface area contributed by atoms with Crippen molar-refractivity contribution in [2.75, 3.05) is 18.0 Å². The number of hydrogen-bond acceptors (Lipinski definition) is 4. The summed E-state index contributed by atoms with van der Waals surface area (Å²) in [7, 11) is -2.45. The molecule has 3 aromatic rings. The highest BCUT2D eigenvalue weighted by Gasteiger charge is 2.28. The first-order valence-electron chi connectivity index (χ1n) is 12.0. The number of methoxy groups -OCH3 is 1. The van der Waals surface area contributed by atoms with Crippen LogP contribution in [0, 0.1) is 0 Å². The molecule has 1 aliphatic carbocycles. The number of hydrogen-bond donors (Lipinski definition) is 1. The standard InChI is InChI=1S/C28H32N2O4S/c1-3-27(23-14-13-21-9-7-8-10-22(21)19-23)29-28(31)20-30(24-11-5-4-6-12-24)35(32,33)26-17-15-25(34-2)16-18-26/h4-6,11-19,27H,3,7-10,20H2,1-2H3,(H,29,31). The predicted molar refractivity (Wildman–Crippen MR) is 138 cm³/mol. The molecule has 1 amide bonds. The fourth-order valence-electron chi connectivity index (χ4n) is 4.55. The van der Waals surface area contributed by atoms with Crippen molar-refractivity contribution >= 4 is 21.6 Å². The molecule has 0 fully saturated rings. The molecule has 3 aromatic carbocycles. The average molecular weight is 493 g/mol. The van der Waals surface area contributed by atoms with Gasteiger partial charge in [-0.3, -0.25) is 9.10 Å². The van der Waals surface area contributed by atoms with Crippen LogP contribution >= 0.6 is 0 Å². The Balaban J connectivity index is 1.57. The summed E-state index contributed by atoms with van der Waals surface area (Å²) in [5.74, 6) is 0.208. The number of amides is 1. The van der Waals surface area contributed by atoms with Crippen LogP contribution in [0.2, 0.25) is 0 Å². The second-order valence-electron chi connectivity index (χ2n) is 8.79. The van der Waals surface area contributed by atoms with Crippen molar-refractivity contribution in [2.45, 2.75) is 50.0 Å². The van der Waals surface area contributed by atoms with Gasteiger partial charge in [0.2, 0.25) is 5.91 Å². The molecule has 0 saturated carbocycles. The zero-order valence-electron chi connectivity index (χ0n) is 20.2. The second-order valence-corrected chi connectivity index (χ2v) is 10.6. The van der Waals surface area contributed by atoms with Crippen molar-refractivity contribution < 1.29 is 17.9 Å². The van der Waals surface area contributed by atoms with Gasteiger partial charge < -0.3 is 10.1 Å². The molecule has 0 bridgehead atoms. The van der Waals surface area contributed by atoms with E-state index in [1.54, 1.807) is 36.4 Å². The van der Waals surface area contributed by atoms with Crippen molar-refractivity contribution in [2.24, 2.45) is 0 Å². The molecule has 0 spiro atoms. The lowest BCUT2D eigenvalue weighted by atomic mass is 9.89. The van der Waals surface area contributed by atoms with Gasteiger partial charge in [0.25, 0.3) is 10.0 Å². The minimum atomic E-state index is -3.98. The summed E-state index contributed by atoms with van der Waals surface area (Å²) in [6, 6.07) is 21.1. The fraction of sp³-hybridized carbons (Fsp3) is 0.321. The molecule has 1 N–H and O–H groups in total. The van der Waals surface area contributed by atoms with Crippen molar-refractivity contribution in [3.63, 3.8) is 0 Å². The summed E-state index contributed by atoms with van der Waals surface area (Å²) in [5.41, 5.74) is 4.24. The first-order chi connectivity index (χ1) is 16.9. The van der Waals surface area contributed by atoms with Gasteiger partial charge in [0.1, 0.15) is 12.3 Å². The van der Waals surface area contributed by atoms with Gasteiger partial charge in [0, 0.05) is 0 Å². The van der Waals surface area contributed by atoms with Crippen LogP contribution in [0.1, 0.15) is 48.9 Å². The Morgan fingerprint density at radius 1 is 0.971 bits per heavy atom. The summed E-state index contributed by atoms with van der Waals surface area (Å²) in [5, 5.41) is 3.07. The highest BCUT2D eigenvalue weighted by Crippen LogP contribution is 2.27. The summed E-state index contributed by atoms with van der Waals surface area (Å²) < 4.78 is 33.4. The Hall–Kier alpha value is -3.32. The van der Waals surface area contributed by atoms with E-state index >= 15 is 0 Å². The van der Waals surface area contributed by atoms with E-state index in [-0.39, 0.29) is 23.4 Å². The normalized spacial score (nSPS) is 14.0. The summed E-state index contributed by atoms with van der Waals surface area (Å²) in [6.45, 7) is 1.70. The molecule has 0 aromatic heterocycles. The number of fused-ring (bicyclic) bond motifs is 1. The van der Waals surface area contributed by atoms with Crippen molar-refractivity contribution in [1.29, 1.82) is 0 Å². The Morgan fingerprint density at radius 3 is 2.31 bits per heavy atom. The van der Waals surface area contributed by atoms with Crippen LogP contribution in [-0.4, -0.2) is 28.0 Å². The zero-order chi connectivity index (χ0) is 24.8. The van der Waals surface area contributed by atoms with Crippen LogP contribution in [0.15, 0.2) is 77.7 Å². The number of anilines is 1. The maximum absolute atomic E-state index is 13.6. The molecule has 1 unspecified atom stereocenters. The molecule has 0 heterocycles. The largest absolute Gasteiger partial charge is 0.497 e. The number of nitrogens with one attached hydrogen (secondary N) is 1. The monoisotopic (exact) mass is 492 g/mol. The predicted octanol–water partition coefficient (Wildman–Crippen LogP) is 5.04. The van der Waals surface area contributed by atoms with E-state index in [4.69, 9.17) is 4.74 Å². The van der Waals surface area contributed by atoms with Gasteiger partial charge >= 0.3 is 0 Å². The van der Waals surface area contributed by atoms with E-state index < -0.39 is 10.0 Å². The van der Waals surface area contributed by atoms with Crippen LogP contribution in [0.4, 0.5) is 5.69 Å². The lowest BCUT2D eigenvalue weighted by molar-refractivity contribution is -0.120. The minimum Gasteiger partial charge on any atom is -0.497 e. The van der Waals surface area contributed by atoms with E-state index in [1.165, 1.54) is 43.2 Å². The second kappa shape index (κ2) is 11.0. The summed E-state index contributed by atoms with van der Waals surface area (Å²) >= 11 is 0. The number of para-hydroxylation sites is 1. The van der Waals surface area contributed by atoms with Crippen LogP contribution in [-0.2, 0) is 27.7 Å². The smallest absolute Gasteiger partial charge is 0.264 e. The van der Waals surface area contributed by atoms with Crippen molar-refractivity contribution in [3.8, 4) is 5.75 Å². The van der Waals surface area contributed by atoms with Crippen molar-refractivity contribution in [1.82, 2.24) is 5.32 Å². The van der Waals surface area contributed by atoms with E-state index in [1.807, 2.05) is 13.0 Å². The van der Waals surface area contributed by atoms with Crippen LogP contribution in [0.25, 0.3) is 0 Å². The molecule has 0 radical (unpaired) electrons. The van der Waals surface area contributed by atoms with Crippen LogP contribution in [0.3, 0.4) is 0 Å². The highest BCUT2D eigenvalue weighted by atomic mass is 32.2. The average Bonchev–Trinajstić information content (AvgIpc) is 2.90. The van der Waals surface area contributed by atoms with E-state index in [0.29, 0.717) is 17.9 Å². The number of nitrogens with zero attached hydrogens (tertiary/aromatic N) is 1. The molecule has 1 atom stereocenters. The zero-order valence-corrected chi connectivity index (χ0v) is 21.1. The number of aryl methyl sites for hydroxylation is 2. The number of rotatable bonds is 9. The van der Waals surface area contributed by atoms with E-state index in [9.17, 15) is 13.2 Å². The van der Waals surface area contributed by atoms with Gasteiger partial charge in [-0.15, -0.1) is 0 Å². The lowest BCUT2D eigenvalue weighted by Gasteiger charge is -2.26. The molecule has 0 aliphatic heterocycles. The molecule has 7 heteroatoms. The van der Waals surface area contributed by atoms with Gasteiger partial charge in [-0.05, 0) is 85.2 Å². The van der Waals surface area contributed by atoms with Gasteiger partial charge in [-0.2, -0.15) is 0 Å². The first kappa shape index (κ1) is 24.8. The minimum absolute atomic E-state index is 0.0941. The number of ether oxygens (including phenoxy) is 1. The summed E-state index contributed by atoms with van der Waals surface area (Å²) in [4.78, 5) is 13.3. The third kappa shape index (κ3) is 5.68. The Morgan fingerprint density at radius 2 is 1.66 bits per heavy atom. The molecule has 0 saturated heterocycles. The van der Waals surface area contributed by atoms with Gasteiger partial charge in [0.05, 0.1) is 23.7 Å². The summed E-state index contributed by atoms with van der Waals surface area (Å²) in [6.07, 6.45) is 5.29. The Labute approximate surface area is 208 Å². The quantitative estimate of drug-likeness (QED) is 0.454. The number of carbonyl (C=O) groups excluding carboxylic acids is 1. The number of sulfonamides is 1. The molecule has 4 rings (SSSR count). The number of carbonyl (C=O) groups is 1. The van der Waals surface area contributed by atoms with E-state index in [2.05, 4.69) is 23.5 Å². The highest BCUT2D eigenvalue weighted by molar-refractivity contribution is 7.92. The first-order valence-corrected chi connectivity index (χ1v) is 13.5. The molecular weight excluding hydrogens is 460 g/mol. The van der Waals surface area contributed by atoms with Crippen LogP contribution < -0.4 is 14.4 Å². The van der Waals surface area contributed by atoms with Crippen molar-refractivity contribution in [3.05, 3.63) is 89.5 Å². The maximum Gasteiger partial charge on any atom is 0.264 e. The third-order valence-electron chi connectivity index (χ3n) is 6.50. The van der Waals surface area contributed by atoms with E-state index in [0.717, 1.165) is 22.7 Å². The molecule has 6 nitrogen and oxygen atoms in total. The maximum atomic E-state index is 13.6. The molecule has 184 valence electrons. The number of benzene rings is 3. The van der Waals surface area contributed by atoms with Crippen LogP contribution in [0.5, 0.6) is 5.75 Å². The lowest BCUT2D eigenvalue weighted by Crippen LogP contribution is -2.42. The SMILES string of the molecule is CCC(NC(=O)CN(c1ccccc1)S(=O)(=O)c1ccc(OC)cc1)c1ccc2c(c1)CCCC2. The molecule has 1 aliphatic rings. The fourth-order valence-corrected chi connectivity index (χ4v) is 5.97. The Bertz CT molecular complexity index is 1260. The molecule has 35 heavy (non-hydrogen) atoms. The van der Waals surface area contributed by atoms with Gasteiger partial charge in [0.15, 0.2) is 0 Å². The van der Waals surface area contributed by atoms with Gasteiger partial charge in [-0.1, -0.05) is 43.3 Å². The Kier molecular flexibility index (Phi) is 7.76.